The monoisotopic (exact) mass is 400 g/mol. The van der Waals surface area contributed by atoms with E-state index in [1.165, 1.54) is 0 Å². The van der Waals surface area contributed by atoms with Crippen molar-refractivity contribution in [1.82, 2.24) is 20.0 Å². The Hall–Kier alpha value is -3.23. The molecule has 1 aliphatic rings. The quantitative estimate of drug-likeness (QED) is 0.578. The number of aliphatic imine (C=N–C) groups is 1. The minimum atomic E-state index is -0.0764. The minimum Gasteiger partial charge on any atom is -0.497 e. The Morgan fingerprint density at radius 3 is 2.59 bits per heavy atom. The van der Waals surface area contributed by atoms with Crippen molar-refractivity contribution in [2.24, 2.45) is 12.0 Å². The van der Waals surface area contributed by atoms with Crippen molar-refractivity contribution in [1.29, 1.82) is 0 Å². The zero-order valence-corrected chi connectivity index (χ0v) is 17.3. The highest BCUT2D eigenvalue weighted by Crippen LogP contribution is 2.18. The van der Waals surface area contributed by atoms with Crippen LogP contribution in [0.3, 0.4) is 0 Å². The van der Waals surface area contributed by atoms with Gasteiger partial charge in [0, 0.05) is 33.4 Å². The number of carbonyl (C=O) groups excluding carboxylic acids is 1. The van der Waals surface area contributed by atoms with E-state index in [0.717, 1.165) is 17.2 Å². The van der Waals surface area contributed by atoms with Gasteiger partial charge in [0.15, 0.2) is 5.96 Å². The predicted octanol–water partition coefficient (Wildman–Crippen LogP) is 1.12. The molecule has 1 N–H and O–H groups in total. The van der Waals surface area contributed by atoms with Gasteiger partial charge < -0.3 is 24.6 Å². The molecule has 1 saturated heterocycles. The lowest BCUT2D eigenvalue weighted by atomic mass is 10.3. The number of nitrogens with one attached hydrogen (secondary N) is 1. The lowest BCUT2D eigenvalue weighted by Gasteiger charge is -2.35. The van der Waals surface area contributed by atoms with E-state index in [9.17, 15) is 4.79 Å². The van der Waals surface area contributed by atoms with E-state index in [1.807, 2.05) is 49.3 Å². The van der Waals surface area contributed by atoms with Gasteiger partial charge in [-0.1, -0.05) is 0 Å². The molecule has 0 aliphatic carbocycles. The Morgan fingerprint density at radius 2 is 2.00 bits per heavy atom. The highest BCUT2D eigenvalue weighted by molar-refractivity contribution is 5.98. The molecule has 2 aromatic rings. The van der Waals surface area contributed by atoms with Gasteiger partial charge in [0.25, 0.3) is 0 Å². The number of hydrogen-bond acceptors (Lipinski definition) is 5. The summed E-state index contributed by atoms with van der Waals surface area (Å²) >= 11 is 0. The third kappa shape index (κ3) is 5.18. The molecule has 0 radical (unpaired) electrons. The molecule has 2 heterocycles. The first-order valence-electron chi connectivity index (χ1n) is 9.55. The van der Waals surface area contributed by atoms with Crippen molar-refractivity contribution >= 4 is 17.6 Å². The maximum absolute atomic E-state index is 12.6. The molecule has 0 bridgehead atoms. The Kier molecular flexibility index (Phi) is 6.58. The molecule has 1 atom stereocenters. The van der Waals surface area contributed by atoms with Gasteiger partial charge in [-0.3, -0.25) is 14.5 Å². The number of hydrogen-bond donors (Lipinski definition) is 1. The Bertz CT molecular complexity index is 848. The number of methoxy groups -OCH3 is 1. The molecule has 29 heavy (non-hydrogen) atoms. The molecule has 1 aliphatic heterocycles. The predicted molar refractivity (Wildman–Crippen MR) is 112 cm³/mol. The van der Waals surface area contributed by atoms with E-state index < -0.39 is 0 Å². The molecular weight excluding hydrogens is 372 g/mol. The topological polar surface area (TPSA) is 84.2 Å². The largest absolute Gasteiger partial charge is 0.497 e. The van der Waals surface area contributed by atoms with Crippen molar-refractivity contribution in [3.05, 3.63) is 36.7 Å². The zero-order chi connectivity index (χ0) is 20.8. The van der Waals surface area contributed by atoms with Crippen molar-refractivity contribution in [3.63, 3.8) is 0 Å². The molecule has 156 valence electrons. The number of guanidine groups is 1. The number of rotatable bonds is 6. The van der Waals surface area contributed by atoms with E-state index in [-0.39, 0.29) is 18.6 Å². The second-order valence-corrected chi connectivity index (χ2v) is 6.87. The van der Waals surface area contributed by atoms with Gasteiger partial charge in [-0.2, -0.15) is 5.10 Å². The number of aryl methyl sites for hydroxylation is 1. The molecule has 1 amide bonds. The van der Waals surface area contributed by atoms with Gasteiger partial charge in [-0.15, -0.1) is 0 Å². The van der Waals surface area contributed by atoms with E-state index in [0.29, 0.717) is 25.6 Å². The lowest BCUT2D eigenvalue weighted by molar-refractivity contribution is -0.120. The first-order valence-corrected chi connectivity index (χ1v) is 9.55. The Balaban J connectivity index is 1.50. The van der Waals surface area contributed by atoms with Crippen LogP contribution in [0, 0.1) is 0 Å². The number of nitrogens with zero attached hydrogens (tertiary/aromatic N) is 5. The Morgan fingerprint density at radius 1 is 1.28 bits per heavy atom. The fourth-order valence-electron chi connectivity index (χ4n) is 3.17. The van der Waals surface area contributed by atoms with Crippen molar-refractivity contribution in [2.45, 2.75) is 13.0 Å². The molecule has 0 saturated carbocycles. The molecular formula is C20H28N6O3. The molecule has 1 aromatic carbocycles. The molecule has 0 spiro atoms. The molecule has 1 aromatic heterocycles. The normalized spacial score (nSPS) is 16.0. The third-order valence-electron chi connectivity index (χ3n) is 4.68. The van der Waals surface area contributed by atoms with E-state index in [4.69, 9.17) is 9.47 Å². The van der Waals surface area contributed by atoms with Gasteiger partial charge in [0.2, 0.25) is 5.91 Å². The van der Waals surface area contributed by atoms with Gasteiger partial charge in [-0.25, -0.2) is 0 Å². The average molecular weight is 400 g/mol. The van der Waals surface area contributed by atoms with Crippen LogP contribution in [-0.4, -0.2) is 73.0 Å². The molecule has 3 rings (SSSR count). The van der Waals surface area contributed by atoms with E-state index in [2.05, 4.69) is 15.4 Å². The van der Waals surface area contributed by atoms with Crippen LogP contribution in [0.4, 0.5) is 5.69 Å². The second-order valence-electron chi connectivity index (χ2n) is 6.87. The van der Waals surface area contributed by atoms with Crippen LogP contribution in [-0.2, 0) is 11.8 Å². The van der Waals surface area contributed by atoms with Crippen LogP contribution >= 0.6 is 0 Å². The number of ether oxygens (including phenoxy) is 2. The van der Waals surface area contributed by atoms with Crippen LogP contribution in [0.1, 0.15) is 6.92 Å². The highest BCUT2D eigenvalue weighted by atomic mass is 16.5. The number of carbonyl (C=O) groups is 1. The number of benzene rings is 1. The van der Waals surface area contributed by atoms with Crippen molar-refractivity contribution in [3.8, 4) is 11.5 Å². The molecule has 1 fully saturated rings. The van der Waals surface area contributed by atoms with Crippen LogP contribution < -0.4 is 19.7 Å². The first kappa shape index (κ1) is 20.5. The smallest absolute Gasteiger partial charge is 0.246 e. The van der Waals surface area contributed by atoms with E-state index in [1.54, 1.807) is 29.9 Å². The Labute approximate surface area is 170 Å². The minimum absolute atomic E-state index is 0.0229. The summed E-state index contributed by atoms with van der Waals surface area (Å²) in [4.78, 5) is 20.6. The van der Waals surface area contributed by atoms with Gasteiger partial charge in [-0.05, 0) is 31.2 Å². The number of amides is 1. The lowest BCUT2D eigenvalue weighted by Crippen LogP contribution is -2.56. The first-order chi connectivity index (χ1) is 14.0. The summed E-state index contributed by atoms with van der Waals surface area (Å²) in [6.45, 7) is 4.09. The van der Waals surface area contributed by atoms with Gasteiger partial charge >= 0.3 is 0 Å². The summed E-state index contributed by atoms with van der Waals surface area (Å²) in [6, 6.07) is 7.48. The van der Waals surface area contributed by atoms with Crippen molar-refractivity contribution < 1.29 is 14.3 Å². The summed E-state index contributed by atoms with van der Waals surface area (Å²) in [7, 11) is 5.19. The average Bonchev–Trinajstić information content (AvgIpc) is 3.15. The summed E-state index contributed by atoms with van der Waals surface area (Å²) < 4.78 is 12.8. The number of piperazine rings is 1. The maximum atomic E-state index is 12.6. The van der Waals surface area contributed by atoms with Crippen LogP contribution in [0.5, 0.6) is 11.5 Å². The number of anilines is 1. The molecule has 1 unspecified atom stereocenters. The van der Waals surface area contributed by atoms with Crippen LogP contribution in [0.2, 0.25) is 0 Å². The summed E-state index contributed by atoms with van der Waals surface area (Å²) in [5.41, 5.74) is 0.821. The highest BCUT2D eigenvalue weighted by Gasteiger charge is 2.27. The van der Waals surface area contributed by atoms with E-state index >= 15 is 0 Å². The van der Waals surface area contributed by atoms with Crippen molar-refractivity contribution in [2.75, 3.05) is 45.2 Å². The van der Waals surface area contributed by atoms with Gasteiger partial charge in [0.1, 0.15) is 24.1 Å². The standard InChI is InChI=1S/C20H28N6O3/c1-15(29-18-7-5-17(28-4)6-8-18)11-22-20(21-2)25-9-10-26(19(27)14-25)16-12-23-24(3)13-16/h5-8,12-13,15H,9-11,14H2,1-4H3,(H,21,22). The fourth-order valence-corrected chi connectivity index (χ4v) is 3.17. The molecule has 9 nitrogen and oxygen atoms in total. The maximum Gasteiger partial charge on any atom is 0.246 e. The van der Waals surface area contributed by atoms with Gasteiger partial charge in [0.05, 0.1) is 25.5 Å². The fraction of sp³-hybridized carbons (Fsp3) is 0.450. The summed E-state index contributed by atoms with van der Waals surface area (Å²) in [5.74, 6) is 2.28. The second kappa shape index (κ2) is 9.31. The third-order valence-corrected chi connectivity index (χ3v) is 4.68. The molecule has 9 heteroatoms. The zero-order valence-electron chi connectivity index (χ0n) is 17.3. The summed E-state index contributed by atoms with van der Waals surface area (Å²) in [6.07, 6.45) is 3.48. The number of aromatic nitrogens is 2. The SMILES string of the molecule is CN=C(NCC(C)Oc1ccc(OC)cc1)N1CCN(c2cnn(C)c2)C(=O)C1. The van der Waals surface area contributed by atoms with Crippen LogP contribution in [0.15, 0.2) is 41.7 Å². The van der Waals surface area contributed by atoms with Crippen LogP contribution in [0.25, 0.3) is 0 Å². The summed E-state index contributed by atoms with van der Waals surface area (Å²) in [5, 5.41) is 7.44.